The molecule has 1 atom stereocenters. The first-order valence-electron chi connectivity index (χ1n) is 10.0. The molecule has 2 N–H and O–H groups in total. The van der Waals surface area contributed by atoms with Crippen LogP contribution in [0.2, 0.25) is 0 Å². The highest BCUT2D eigenvalue weighted by Gasteiger charge is 2.46. The fraction of sp³-hybridized carbons (Fsp3) is 0.556. The minimum absolute atomic E-state index is 0.0248. The number of aryl methyl sites for hydroxylation is 1. The number of azo groups is 1. The van der Waals surface area contributed by atoms with Gasteiger partial charge in [0.15, 0.2) is 0 Å². The summed E-state index contributed by atoms with van der Waals surface area (Å²) in [5.41, 5.74) is -2.76. The van der Waals surface area contributed by atoms with Gasteiger partial charge in [0.2, 0.25) is 10.5 Å². The van der Waals surface area contributed by atoms with Crippen LogP contribution in [0.1, 0.15) is 32.8 Å². The van der Waals surface area contributed by atoms with Crippen LogP contribution in [0.5, 0.6) is 0 Å². The van der Waals surface area contributed by atoms with Gasteiger partial charge in [0, 0.05) is 18.3 Å². The molecular formula is C18H23F3N6O4S2. The van der Waals surface area contributed by atoms with Gasteiger partial charge < -0.3 is 9.64 Å². The number of thioether (sulfide) groups is 1. The summed E-state index contributed by atoms with van der Waals surface area (Å²) in [5.74, 6) is -0.645. The molecule has 2 heterocycles. The van der Waals surface area contributed by atoms with E-state index in [1.165, 1.54) is 12.1 Å². The third-order valence-corrected chi connectivity index (χ3v) is 6.75. The molecule has 0 aromatic heterocycles. The van der Waals surface area contributed by atoms with Crippen molar-refractivity contribution in [3.8, 4) is 0 Å². The molecule has 0 saturated carbocycles. The van der Waals surface area contributed by atoms with Crippen molar-refractivity contribution in [2.24, 2.45) is 15.3 Å². The molecule has 1 aromatic rings. The highest BCUT2D eigenvalue weighted by atomic mass is 32.2. The fourth-order valence-corrected chi connectivity index (χ4v) is 4.51. The Morgan fingerprint density at radius 3 is 2.79 bits per heavy atom. The van der Waals surface area contributed by atoms with Gasteiger partial charge in [-0.25, -0.2) is 4.79 Å². The van der Waals surface area contributed by atoms with Crippen molar-refractivity contribution in [1.82, 2.24) is 5.43 Å². The van der Waals surface area contributed by atoms with Gasteiger partial charge in [0.05, 0.1) is 12.3 Å². The largest absolute Gasteiger partial charge is 0.516 e. The number of halogens is 3. The second kappa shape index (κ2) is 9.75. The summed E-state index contributed by atoms with van der Waals surface area (Å²) < 4.78 is 69.1. The molecule has 0 aliphatic carbocycles. The van der Waals surface area contributed by atoms with Crippen LogP contribution in [0.4, 0.5) is 30.2 Å². The minimum Gasteiger partial charge on any atom is -0.461 e. The Bertz CT molecular complexity index is 1080. The van der Waals surface area contributed by atoms with Crippen LogP contribution in [0.25, 0.3) is 0 Å². The lowest BCUT2D eigenvalue weighted by molar-refractivity contribution is -0.134. The van der Waals surface area contributed by atoms with Gasteiger partial charge in [-0.05, 0) is 63.1 Å². The lowest BCUT2D eigenvalue weighted by Gasteiger charge is -2.35. The van der Waals surface area contributed by atoms with Crippen LogP contribution in [0.3, 0.4) is 0 Å². The van der Waals surface area contributed by atoms with E-state index in [1.54, 1.807) is 11.6 Å². The van der Waals surface area contributed by atoms with E-state index >= 15 is 0 Å². The summed E-state index contributed by atoms with van der Waals surface area (Å²) in [6.07, 6.45) is 1.48. The van der Waals surface area contributed by atoms with Crippen LogP contribution in [-0.4, -0.2) is 49.6 Å². The molecule has 0 bridgehead atoms. The predicted molar refractivity (Wildman–Crippen MR) is 119 cm³/mol. The molecule has 3 rings (SSSR count). The van der Waals surface area contributed by atoms with Crippen molar-refractivity contribution in [3.63, 3.8) is 0 Å². The van der Waals surface area contributed by atoms with Crippen LogP contribution in [-0.2, 0) is 26.0 Å². The molecule has 0 amide bonds. The first-order valence-corrected chi connectivity index (χ1v) is 12.4. The Labute approximate surface area is 193 Å². The first-order chi connectivity index (χ1) is 15.4. The van der Waals surface area contributed by atoms with E-state index in [9.17, 15) is 26.4 Å². The smallest absolute Gasteiger partial charge is 0.461 e. The minimum atomic E-state index is -5.68. The molecule has 15 heteroatoms. The highest BCUT2D eigenvalue weighted by molar-refractivity contribution is 8.16. The Hall–Kier alpha value is -2.55. The summed E-state index contributed by atoms with van der Waals surface area (Å²) in [6.45, 7) is 6.37. The number of carbonyl (C=O) groups excluding carboxylic acids is 1. The molecule has 1 aromatic carbocycles. The molecule has 10 nitrogen and oxygen atoms in total. The maximum absolute atomic E-state index is 13.0. The lowest BCUT2D eigenvalue weighted by atomic mass is 9.99. The number of hydrogen-bond donors (Lipinski definition) is 2. The molecule has 1 unspecified atom stereocenters. The van der Waals surface area contributed by atoms with Crippen LogP contribution in [0, 0.1) is 0 Å². The quantitative estimate of drug-likeness (QED) is 0.425. The topological polar surface area (TPSA) is 125 Å². The van der Waals surface area contributed by atoms with Crippen molar-refractivity contribution in [2.75, 3.05) is 22.8 Å². The Morgan fingerprint density at radius 2 is 2.15 bits per heavy atom. The number of hydrogen-bond acceptors (Lipinski definition) is 10. The van der Waals surface area contributed by atoms with Gasteiger partial charge in [0.25, 0.3) is 0 Å². The summed E-state index contributed by atoms with van der Waals surface area (Å²) >= 11 is 0.911. The van der Waals surface area contributed by atoms with E-state index in [0.717, 1.165) is 23.7 Å². The van der Waals surface area contributed by atoms with Crippen molar-refractivity contribution in [2.45, 2.75) is 50.7 Å². The van der Waals surface area contributed by atoms with Gasteiger partial charge >= 0.3 is 21.5 Å². The standard InChI is InChI=1S/C18H23F3N6O4S2/c1-4-31-16(28)15-23-25-17(32-15)24-22-12-8-11-6-5-7-27(10(2)3)14(11)9-13(12)26-33(29,30)18(19,20)21/h8-10,17,25-26H,4-7H2,1-3H3. The summed E-state index contributed by atoms with van der Waals surface area (Å²) in [7, 11) is -5.68. The van der Waals surface area contributed by atoms with Gasteiger partial charge in [-0.1, -0.05) is 0 Å². The average molecular weight is 509 g/mol. The number of sulfonamides is 1. The monoisotopic (exact) mass is 508 g/mol. The van der Waals surface area contributed by atoms with E-state index in [-0.39, 0.29) is 29.1 Å². The van der Waals surface area contributed by atoms with Gasteiger partial charge in [-0.2, -0.15) is 31.8 Å². The molecule has 182 valence electrons. The zero-order valence-electron chi connectivity index (χ0n) is 18.0. The number of carbonyl (C=O) groups is 1. The zero-order chi connectivity index (χ0) is 24.4. The Morgan fingerprint density at radius 1 is 1.42 bits per heavy atom. The number of ether oxygens (including phenoxy) is 1. The van der Waals surface area contributed by atoms with E-state index in [0.29, 0.717) is 18.7 Å². The van der Waals surface area contributed by atoms with E-state index < -0.39 is 27.0 Å². The van der Waals surface area contributed by atoms with Gasteiger partial charge in [-0.3, -0.25) is 10.1 Å². The average Bonchev–Trinajstić information content (AvgIpc) is 3.20. The van der Waals surface area contributed by atoms with Crippen molar-refractivity contribution in [1.29, 1.82) is 0 Å². The maximum Gasteiger partial charge on any atom is 0.516 e. The van der Waals surface area contributed by atoms with E-state index in [2.05, 4.69) is 20.8 Å². The lowest BCUT2D eigenvalue weighted by Crippen LogP contribution is -2.35. The molecule has 0 fully saturated rings. The molecule has 0 saturated heterocycles. The Balaban J connectivity index is 1.93. The number of hydrazone groups is 1. The first kappa shape index (κ1) is 25.1. The number of anilines is 2. The third kappa shape index (κ3) is 5.69. The van der Waals surface area contributed by atoms with Crippen molar-refractivity contribution < 1.29 is 31.1 Å². The molecule has 33 heavy (non-hydrogen) atoms. The molecule has 0 radical (unpaired) electrons. The predicted octanol–water partition coefficient (Wildman–Crippen LogP) is 3.69. The number of esters is 1. The normalized spacial score (nSPS) is 18.8. The highest BCUT2D eigenvalue weighted by Crippen LogP contribution is 2.40. The molecular weight excluding hydrogens is 485 g/mol. The van der Waals surface area contributed by atoms with Crippen LogP contribution >= 0.6 is 11.8 Å². The maximum atomic E-state index is 13.0. The number of fused-ring (bicyclic) bond motifs is 1. The van der Waals surface area contributed by atoms with Crippen molar-refractivity contribution >= 4 is 49.9 Å². The number of nitrogens with zero attached hydrogens (tertiary/aromatic N) is 4. The molecule has 2 aliphatic heterocycles. The summed E-state index contributed by atoms with van der Waals surface area (Å²) in [6, 6.07) is 2.93. The second-order valence-corrected chi connectivity index (χ2v) is 10.1. The molecule has 2 aliphatic rings. The number of rotatable bonds is 7. The third-order valence-electron chi connectivity index (χ3n) is 4.74. The number of alkyl halides is 3. The van der Waals surface area contributed by atoms with Crippen molar-refractivity contribution in [3.05, 3.63) is 17.7 Å². The summed E-state index contributed by atoms with van der Waals surface area (Å²) in [4.78, 5) is 13.7. The zero-order valence-corrected chi connectivity index (χ0v) is 19.6. The number of benzene rings is 1. The van der Waals surface area contributed by atoms with Gasteiger partial charge in [0.1, 0.15) is 5.69 Å². The van der Waals surface area contributed by atoms with Crippen LogP contribution < -0.4 is 15.0 Å². The Kier molecular flexibility index (Phi) is 7.41. The SMILES string of the molecule is CCOC(=O)C1=NNC(N=Nc2cc3c(cc2NS(=O)(=O)C(F)(F)F)N(C(C)C)CCC3)S1. The van der Waals surface area contributed by atoms with E-state index in [4.69, 9.17) is 4.74 Å². The van der Waals surface area contributed by atoms with E-state index in [1.807, 2.05) is 18.7 Å². The number of nitrogens with one attached hydrogen (secondary N) is 2. The second-order valence-electron chi connectivity index (χ2n) is 7.39. The molecule has 0 spiro atoms. The van der Waals surface area contributed by atoms with Crippen LogP contribution in [0.15, 0.2) is 27.5 Å². The summed E-state index contributed by atoms with van der Waals surface area (Å²) in [5, 5.41) is 11.8. The van der Waals surface area contributed by atoms with Gasteiger partial charge in [-0.15, -0.1) is 5.11 Å². The fourth-order valence-electron chi connectivity index (χ4n) is 3.27.